The maximum Gasteiger partial charge on any atom is 0.0437 e. The largest absolute Gasteiger partial charge is 0.330 e. The first kappa shape index (κ1) is 8.57. The monoisotopic (exact) mass is 169 g/mol. The summed E-state index contributed by atoms with van der Waals surface area (Å²) >= 11 is 5.91. The second-order valence-electron chi connectivity index (χ2n) is 2.56. The predicted molar refractivity (Wildman–Crippen MR) is 48.9 cm³/mol. The molecular weight excluding hydrogens is 158 g/mol. The molecule has 1 aromatic carbocycles. The molecule has 0 bridgehead atoms. The van der Waals surface area contributed by atoms with Gasteiger partial charge in [-0.25, -0.2) is 0 Å². The molecule has 11 heavy (non-hydrogen) atoms. The molecule has 0 spiro atoms. The summed E-state index contributed by atoms with van der Waals surface area (Å²) in [4.78, 5) is 0. The van der Waals surface area contributed by atoms with Crippen molar-refractivity contribution < 1.29 is 0 Å². The number of hydrogen-bond donors (Lipinski definition) is 1. The second-order valence-corrected chi connectivity index (χ2v) is 2.97. The van der Waals surface area contributed by atoms with E-state index in [9.17, 15) is 0 Å². The quantitative estimate of drug-likeness (QED) is 0.722. The van der Waals surface area contributed by atoms with Crippen molar-refractivity contribution in [3.05, 3.63) is 34.3 Å². The van der Waals surface area contributed by atoms with Crippen LogP contribution >= 0.6 is 11.6 Å². The molecule has 0 aliphatic rings. The van der Waals surface area contributed by atoms with E-state index in [-0.39, 0.29) is 0 Å². The molecule has 0 fully saturated rings. The van der Waals surface area contributed by atoms with E-state index in [1.807, 2.05) is 19.1 Å². The van der Waals surface area contributed by atoms with Crippen LogP contribution in [-0.4, -0.2) is 6.54 Å². The topological polar surface area (TPSA) is 26.0 Å². The third-order valence-corrected chi connectivity index (χ3v) is 2.20. The van der Waals surface area contributed by atoms with Crippen molar-refractivity contribution in [2.45, 2.75) is 13.3 Å². The molecule has 1 nitrogen and oxygen atoms in total. The van der Waals surface area contributed by atoms with Gasteiger partial charge in [0.1, 0.15) is 0 Å². The molecule has 0 heterocycles. The number of rotatable bonds is 2. The van der Waals surface area contributed by atoms with E-state index in [1.54, 1.807) is 0 Å². The maximum absolute atomic E-state index is 5.91. The lowest BCUT2D eigenvalue weighted by Gasteiger charge is -2.04. The molecule has 0 saturated carbocycles. The Kier molecular flexibility index (Phi) is 2.92. The van der Waals surface area contributed by atoms with E-state index in [0.29, 0.717) is 6.54 Å². The van der Waals surface area contributed by atoms with Crippen LogP contribution in [0.4, 0.5) is 0 Å². The Morgan fingerprint density at radius 3 is 2.82 bits per heavy atom. The lowest BCUT2D eigenvalue weighted by molar-refractivity contribution is 0.958. The number of benzene rings is 1. The Morgan fingerprint density at radius 2 is 2.18 bits per heavy atom. The first-order chi connectivity index (χ1) is 5.25. The Labute approximate surface area is 72.2 Å². The lowest BCUT2D eigenvalue weighted by Crippen LogP contribution is -2.03. The van der Waals surface area contributed by atoms with Gasteiger partial charge in [-0.05, 0) is 37.1 Å². The van der Waals surface area contributed by atoms with Crippen LogP contribution in [0.25, 0.3) is 0 Å². The third kappa shape index (κ3) is 1.95. The van der Waals surface area contributed by atoms with Crippen LogP contribution in [0.3, 0.4) is 0 Å². The van der Waals surface area contributed by atoms with Crippen molar-refractivity contribution >= 4 is 11.6 Å². The highest BCUT2D eigenvalue weighted by molar-refractivity contribution is 6.31. The Morgan fingerprint density at radius 1 is 1.45 bits per heavy atom. The first-order valence-corrected chi connectivity index (χ1v) is 4.07. The summed E-state index contributed by atoms with van der Waals surface area (Å²) in [7, 11) is 0. The van der Waals surface area contributed by atoms with Crippen LogP contribution in [0.2, 0.25) is 5.02 Å². The van der Waals surface area contributed by atoms with Gasteiger partial charge >= 0.3 is 0 Å². The molecule has 0 aliphatic heterocycles. The van der Waals surface area contributed by atoms with Crippen molar-refractivity contribution in [2.75, 3.05) is 6.54 Å². The highest BCUT2D eigenvalue weighted by atomic mass is 35.5. The van der Waals surface area contributed by atoms with Gasteiger partial charge in [0.15, 0.2) is 0 Å². The number of halogens is 1. The normalized spacial score (nSPS) is 10.1. The molecule has 0 amide bonds. The van der Waals surface area contributed by atoms with Gasteiger partial charge < -0.3 is 5.73 Å². The highest BCUT2D eigenvalue weighted by Crippen LogP contribution is 2.18. The van der Waals surface area contributed by atoms with Gasteiger partial charge in [-0.15, -0.1) is 0 Å². The summed E-state index contributed by atoms with van der Waals surface area (Å²) < 4.78 is 0. The summed E-state index contributed by atoms with van der Waals surface area (Å²) in [6.45, 7) is 2.70. The van der Waals surface area contributed by atoms with Gasteiger partial charge in [-0.3, -0.25) is 0 Å². The van der Waals surface area contributed by atoms with Crippen molar-refractivity contribution in [1.29, 1.82) is 0 Å². The fraction of sp³-hybridized carbons (Fsp3) is 0.333. The van der Waals surface area contributed by atoms with Crippen LogP contribution < -0.4 is 5.73 Å². The molecular formula is C9H12ClN. The molecule has 0 aliphatic carbocycles. The minimum atomic E-state index is 0.682. The average Bonchev–Trinajstić information content (AvgIpc) is 1.99. The van der Waals surface area contributed by atoms with Crippen LogP contribution in [0.1, 0.15) is 11.1 Å². The van der Waals surface area contributed by atoms with Gasteiger partial charge in [-0.2, -0.15) is 0 Å². The minimum absolute atomic E-state index is 0.682. The molecule has 1 aromatic rings. The van der Waals surface area contributed by atoms with Crippen LogP contribution in [0.15, 0.2) is 18.2 Å². The van der Waals surface area contributed by atoms with E-state index in [1.165, 1.54) is 5.56 Å². The maximum atomic E-state index is 5.91. The summed E-state index contributed by atoms with van der Waals surface area (Å²) in [6, 6.07) is 5.92. The van der Waals surface area contributed by atoms with E-state index in [0.717, 1.165) is 17.0 Å². The fourth-order valence-corrected chi connectivity index (χ4v) is 1.27. The summed E-state index contributed by atoms with van der Waals surface area (Å²) in [5, 5.41) is 0.830. The van der Waals surface area contributed by atoms with Crippen molar-refractivity contribution in [3.8, 4) is 0 Å². The van der Waals surface area contributed by atoms with Gasteiger partial charge in [0, 0.05) is 5.02 Å². The zero-order chi connectivity index (χ0) is 8.27. The van der Waals surface area contributed by atoms with Gasteiger partial charge in [0.2, 0.25) is 0 Å². The zero-order valence-corrected chi connectivity index (χ0v) is 7.36. The second kappa shape index (κ2) is 3.74. The molecule has 0 radical (unpaired) electrons. The highest BCUT2D eigenvalue weighted by Gasteiger charge is 1.99. The number of nitrogens with two attached hydrogens (primary N) is 1. The summed E-state index contributed by atoms with van der Waals surface area (Å²) in [6.07, 6.45) is 0.909. The standard InChI is InChI=1S/C9H12ClN/c1-7-8(5-6-11)3-2-4-9(7)10/h2-4H,5-6,11H2,1H3. The molecule has 2 N–H and O–H groups in total. The van der Waals surface area contributed by atoms with E-state index in [2.05, 4.69) is 6.07 Å². The molecule has 0 unspecified atom stereocenters. The third-order valence-electron chi connectivity index (χ3n) is 1.79. The summed E-state index contributed by atoms with van der Waals surface area (Å²) in [5.41, 5.74) is 7.84. The predicted octanol–water partition coefficient (Wildman–Crippen LogP) is 2.15. The van der Waals surface area contributed by atoms with Crippen molar-refractivity contribution in [1.82, 2.24) is 0 Å². The molecule has 2 heteroatoms. The first-order valence-electron chi connectivity index (χ1n) is 3.69. The van der Waals surface area contributed by atoms with Crippen molar-refractivity contribution in [2.24, 2.45) is 5.73 Å². The van der Waals surface area contributed by atoms with Gasteiger partial charge in [0.05, 0.1) is 0 Å². The minimum Gasteiger partial charge on any atom is -0.330 e. The van der Waals surface area contributed by atoms with Gasteiger partial charge in [-0.1, -0.05) is 23.7 Å². The van der Waals surface area contributed by atoms with Gasteiger partial charge in [0.25, 0.3) is 0 Å². The average molecular weight is 170 g/mol. The SMILES string of the molecule is Cc1c(Cl)cccc1CCN. The van der Waals surface area contributed by atoms with Crippen LogP contribution in [0.5, 0.6) is 0 Å². The molecule has 0 aromatic heterocycles. The Balaban J connectivity index is 2.96. The molecule has 1 rings (SSSR count). The zero-order valence-electron chi connectivity index (χ0n) is 6.60. The smallest absolute Gasteiger partial charge is 0.0437 e. The Bertz CT molecular complexity index is 245. The van der Waals surface area contributed by atoms with E-state index in [4.69, 9.17) is 17.3 Å². The summed E-state index contributed by atoms with van der Waals surface area (Å²) in [5.74, 6) is 0. The number of hydrogen-bond acceptors (Lipinski definition) is 1. The molecule has 0 saturated heterocycles. The van der Waals surface area contributed by atoms with E-state index >= 15 is 0 Å². The van der Waals surface area contributed by atoms with Crippen molar-refractivity contribution in [3.63, 3.8) is 0 Å². The molecule has 0 atom stereocenters. The van der Waals surface area contributed by atoms with Crippen LogP contribution in [-0.2, 0) is 6.42 Å². The van der Waals surface area contributed by atoms with E-state index < -0.39 is 0 Å². The molecule has 60 valence electrons. The fourth-order valence-electron chi connectivity index (χ4n) is 1.08. The van der Waals surface area contributed by atoms with Crippen LogP contribution in [0, 0.1) is 6.92 Å². The lowest BCUT2D eigenvalue weighted by atomic mass is 10.1. The Hall–Kier alpha value is -0.530.